The Kier molecular flexibility index (Phi) is 5.12. The van der Waals surface area contributed by atoms with Gasteiger partial charge in [-0.2, -0.15) is 0 Å². The summed E-state index contributed by atoms with van der Waals surface area (Å²) in [6, 6.07) is 7.63. The zero-order valence-corrected chi connectivity index (χ0v) is 14.6. The number of hydrogen-bond donors (Lipinski definition) is 3. The molecule has 2 aliphatic heterocycles. The number of aliphatic hydroxyl groups is 2. The van der Waals surface area contributed by atoms with Crippen LogP contribution < -0.4 is 9.62 Å². The van der Waals surface area contributed by atoms with E-state index in [2.05, 4.69) is 4.72 Å². The second-order valence-electron chi connectivity index (χ2n) is 6.44. The lowest BCUT2D eigenvalue weighted by Crippen LogP contribution is -2.40. The molecule has 1 saturated heterocycles. The Hall–Kier alpha value is -1.52. The number of rotatable bonds is 5. The normalized spacial score (nSPS) is 29.0. The fraction of sp³-hybridized carbons (Fsp3) is 0.562. The molecule has 138 valence electrons. The minimum atomic E-state index is -3.44. The number of ether oxygens (including phenoxy) is 1. The van der Waals surface area contributed by atoms with E-state index in [1.165, 1.54) is 0 Å². The van der Waals surface area contributed by atoms with E-state index in [9.17, 15) is 23.4 Å². The van der Waals surface area contributed by atoms with E-state index in [4.69, 9.17) is 4.74 Å². The van der Waals surface area contributed by atoms with E-state index < -0.39 is 34.4 Å². The van der Waals surface area contributed by atoms with Crippen molar-refractivity contribution in [2.45, 2.75) is 37.3 Å². The van der Waals surface area contributed by atoms with Crippen molar-refractivity contribution in [1.82, 2.24) is 4.72 Å². The number of nitrogens with zero attached hydrogens (tertiary/aromatic N) is 1. The van der Waals surface area contributed by atoms with Crippen LogP contribution in [0.3, 0.4) is 0 Å². The molecule has 1 aromatic carbocycles. The topological polar surface area (TPSA) is 116 Å². The molecule has 2 heterocycles. The van der Waals surface area contributed by atoms with Crippen LogP contribution in [0.1, 0.15) is 12.0 Å². The zero-order chi connectivity index (χ0) is 18.2. The monoisotopic (exact) mass is 370 g/mol. The summed E-state index contributed by atoms with van der Waals surface area (Å²) >= 11 is 0. The van der Waals surface area contributed by atoms with Crippen molar-refractivity contribution in [3.63, 3.8) is 0 Å². The molecule has 25 heavy (non-hydrogen) atoms. The first-order valence-corrected chi connectivity index (χ1v) is 10.00. The van der Waals surface area contributed by atoms with E-state index in [-0.39, 0.29) is 18.9 Å². The quantitative estimate of drug-likeness (QED) is 0.613. The number of nitrogens with one attached hydrogen (secondary N) is 1. The Labute approximate surface area is 146 Å². The fourth-order valence-electron chi connectivity index (χ4n) is 3.28. The van der Waals surface area contributed by atoms with Crippen LogP contribution in [0.5, 0.6) is 0 Å². The number of aliphatic hydroxyl groups excluding tert-OH is 2. The number of fused-ring (bicyclic) bond motifs is 1. The van der Waals surface area contributed by atoms with Crippen LogP contribution in [0.2, 0.25) is 0 Å². The number of sulfonamides is 1. The van der Waals surface area contributed by atoms with E-state index in [1.54, 1.807) is 4.90 Å². The molecule has 4 atom stereocenters. The molecule has 3 rings (SSSR count). The van der Waals surface area contributed by atoms with Crippen molar-refractivity contribution in [1.29, 1.82) is 0 Å². The molecule has 0 saturated carbocycles. The van der Waals surface area contributed by atoms with Crippen molar-refractivity contribution in [3.8, 4) is 0 Å². The number of carbonyl (C=O) groups excluding carboxylic acids is 1. The molecule has 8 nitrogen and oxygen atoms in total. The Morgan fingerprint density at radius 2 is 1.96 bits per heavy atom. The van der Waals surface area contributed by atoms with Crippen molar-refractivity contribution in [2.24, 2.45) is 0 Å². The number of hydrogen-bond acceptors (Lipinski definition) is 6. The van der Waals surface area contributed by atoms with Gasteiger partial charge in [0.1, 0.15) is 18.3 Å². The first-order valence-electron chi connectivity index (χ1n) is 8.11. The average molecular weight is 370 g/mol. The van der Waals surface area contributed by atoms with Gasteiger partial charge < -0.3 is 19.8 Å². The van der Waals surface area contributed by atoms with Crippen molar-refractivity contribution in [3.05, 3.63) is 29.8 Å². The predicted molar refractivity (Wildman–Crippen MR) is 90.6 cm³/mol. The van der Waals surface area contributed by atoms with Gasteiger partial charge in [-0.1, -0.05) is 18.2 Å². The third-order valence-corrected chi connectivity index (χ3v) is 5.26. The molecule has 0 bridgehead atoms. The molecule has 3 N–H and O–H groups in total. The molecule has 1 aromatic rings. The summed E-state index contributed by atoms with van der Waals surface area (Å²) in [7, 11) is -3.44. The van der Waals surface area contributed by atoms with E-state index in [1.807, 2.05) is 24.3 Å². The molecule has 0 radical (unpaired) electrons. The molecular weight excluding hydrogens is 348 g/mol. The molecule has 2 aliphatic rings. The minimum Gasteiger partial charge on any atom is -0.388 e. The summed E-state index contributed by atoms with van der Waals surface area (Å²) in [5.74, 6) is -0.196. The number of anilines is 1. The lowest BCUT2D eigenvalue weighted by Gasteiger charge is -2.21. The third kappa shape index (κ3) is 4.01. The second kappa shape index (κ2) is 7.00. The van der Waals surface area contributed by atoms with Crippen LogP contribution in [0.15, 0.2) is 24.3 Å². The molecule has 0 spiro atoms. The summed E-state index contributed by atoms with van der Waals surface area (Å²) in [6.07, 6.45) is -2.57. The summed E-state index contributed by atoms with van der Waals surface area (Å²) < 4.78 is 30.1. The zero-order valence-electron chi connectivity index (χ0n) is 13.8. The van der Waals surface area contributed by atoms with Crippen LogP contribution in [0, 0.1) is 0 Å². The molecule has 1 fully saturated rings. The summed E-state index contributed by atoms with van der Waals surface area (Å²) in [6.45, 7) is 0.414. The summed E-state index contributed by atoms with van der Waals surface area (Å²) in [4.78, 5) is 14.2. The highest BCUT2D eigenvalue weighted by atomic mass is 32.2. The number of amides is 1. The second-order valence-corrected chi connectivity index (χ2v) is 8.28. The molecule has 0 aromatic heterocycles. The van der Waals surface area contributed by atoms with Crippen molar-refractivity contribution < 1.29 is 28.2 Å². The molecular formula is C16H22N2O6S. The van der Waals surface area contributed by atoms with E-state index >= 15 is 0 Å². The van der Waals surface area contributed by atoms with E-state index in [0.717, 1.165) is 23.9 Å². The smallest absolute Gasteiger partial charge is 0.229 e. The lowest BCUT2D eigenvalue weighted by atomic mass is 10.1. The first kappa shape index (κ1) is 18.3. The standard InChI is InChI=1S/C16H22N2O6S/c1-25(22,23)17-9-13-16(21)15(20)12(24-13)8-14(19)18-7-6-10-4-2-3-5-11(10)18/h2-5,12-13,15-17,20-21H,6-9H2,1H3. The number of benzene rings is 1. The molecule has 9 heteroatoms. The van der Waals surface area contributed by atoms with Crippen LogP contribution in [0.4, 0.5) is 5.69 Å². The Morgan fingerprint density at radius 3 is 2.68 bits per heavy atom. The maximum atomic E-state index is 12.6. The third-order valence-electron chi connectivity index (χ3n) is 4.57. The summed E-state index contributed by atoms with van der Waals surface area (Å²) in [5.41, 5.74) is 1.95. The van der Waals surface area contributed by atoms with Crippen LogP contribution in [-0.2, 0) is 26.0 Å². The summed E-state index contributed by atoms with van der Waals surface area (Å²) in [5, 5.41) is 20.1. The lowest BCUT2D eigenvalue weighted by molar-refractivity contribution is -0.122. The van der Waals surface area contributed by atoms with Crippen LogP contribution in [-0.4, -0.2) is 68.3 Å². The largest absolute Gasteiger partial charge is 0.388 e. The highest BCUT2D eigenvalue weighted by Gasteiger charge is 2.44. The van der Waals surface area contributed by atoms with Gasteiger partial charge in [0.25, 0.3) is 0 Å². The first-order chi connectivity index (χ1) is 11.8. The van der Waals surface area contributed by atoms with Gasteiger partial charge in [0.2, 0.25) is 15.9 Å². The van der Waals surface area contributed by atoms with Gasteiger partial charge in [-0.25, -0.2) is 13.1 Å². The molecule has 4 unspecified atom stereocenters. The van der Waals surface area contributed by atoms with Gasteiger partial charge in [0, 0.05) is 18.8 Å². The van der Waals surface area contributed by atoms with Gasteiger partial charge >= 0.3 is 0 Å². The maximum Gasteiger partial charge on any atom is 0.229 e. The Morgan fingerprint density at radius 1 is 1.28 bits per heavy atom. The van der Waals surface area contributed by atoms with Gasteiger partial charge in [0.15, 0.2) is 0 Å². The van der Waals surface area contributed by atoms with Crippen LogP contribution >= 0.6 is 0 Å². The highest BCUT2D eigenvalue weighted by molar-refractivity contribution is 7.88. The van der Waals surface area contributed by atoms with Crippen molar-refractivity contribution >= 4 is 21.6 Å². The van der Waals surface area contributed by atoms with Gasteiger partial charge in [-0.05, 0) is 18.1 Å². The van der Waals surface area contributed by atoms with Crippen LogP contribution in [0.25, 0.3) is 0 Å². The number of para-hydroxylation sites is 1. The van der Waals surface area contributed by atoms with Crippen molar-refractivity contribution in [2.75, 3.05) is 24.2 Å². The number of carbonyl (C=O) groups is 1. The Bertz CT molecular complexity index is 753. The SMILES string of the molecule is CS(=O)(=O)NCC1OC(CC(=O)N2CCc3ccccc32)C(O)C1O. The maximum absolute atomic E-state index is 12.6. The molecule has 0 aliphatic carbocycles. The highest BCUT2D eigenvalue weighted by Crippen LogP contribution is 2.30. The van der Waals surface area contributed by atoms with E-state index in [0.29, 0.717) is 6.54 Å². The molecule has 1 amide bonds. The fourth-order valence-corrected chi connectivity index (χ4v) is 3.74. The van der Waals surface area contributed by atoms with Gasteiger partial charge in [-0.3, -0.25) is 4.79 Å². The van der Waals surface area contributed by atoms with Gasteiger partial charge in [0.05, 0.1) is 18.8 Å². The van der Waals surface area contributed by atoms with Gasteiger partial charge in [-0.15, -0.1) is 0 Å². The minimum absolute atomic E-state index is 0.0814. The predicted octanol–water partition coefficient (Wildman–Crippen LogP) is -0.996. The Balaban J connectivity index is 1.62. The average Bonchev–Trinajstić information content (AvgIpc) is 3.09.